The first-order valence-electron chi connectivity index (χ1n) is 6.92. The lowest BCUT2D eigenvalue weighted by Crippen LogP contribution is -2.25. The minimum Gasteiger partial charge on any atom is -0.357 e. The molecular formula is C13H20BrN7. The van der Waals surface area contributed by atoms with Crippen LogP contribution in [-0.4, -0.2) is 44.9 Å². The Kier molecular flexibility index (Phi) is 4.76. The molecular weight excluding hydrogens is 334 g/mol. The third kappa shape index (κ3) is 2.99. The molecule has 0 aromatic carbocycles. The van der Waals surface area contributed by atoms with E-state index < -0.39 is 0 Å². The molecule has 0 saturated carbocycles. The van der Waals surface area contributed by atoms with Crippen molar-refractivity contribution in [2.24, 2.45) is 0 Å². The first-order valence-corrected chi connectivity index (χ1v) is 7.71. The maximum Gasteiger partial charge on any atom is 0.257 e. The summed E-state index contributed by atoms with van der Waals surface area (Å²) in [6.45, 7) is 9.74. The molecule has 21 heavy (non-hydrogen) atoms. The summed E-state index contributed by atoms with van der Waals surface area (Å²) in [4.78, 5) is 15.5. The zero-order valence-corrected chi connectivity index (χ0v) is 14.6. The van der Waals surface area contributed by atoms with E-state index in [9.17, 15) is 0 Å². The first-order chi connectivity index (χ1) is 10.0. The Balaban J connectivity index is 2.57. The molecule has 0 radical (unpaired) electrons. The number of hydrogen-bond acceptors (Lipinski definition) is 6. The number of rotatable bonds is 5. The van der Waals surface area contributed by atoms with Crippen LogP contribution in [0.1, 0.15) is 25.2 Å². The lowest BCUT2D eigenvalue weighted by molar-refractivity contribution is 0.744. The SMILES string of the molecule is CCN(CC)c1nc(NC)nc(-n2nc(C)c(Br)c2C)n1. The summed E-state index contributed by atoms with van der Waals surface area (Å²) < 4.78 is 2.70. The van der Waals surface area contributed by atoms with Crippen molar-refractivity contribution in [2.75, 3.05) is 30.4 Å². The first kappa shape index (κ1) is 15.7. The molecule has 0 aliphatic rings. The second kappa shape index (κ2) is 6.38. The van der Waals surface area contributed by atoms with E-state index in [0.717, 1.165) is 29.0 Å². The smallest absolute Gasteiger partial charge is 0.257 e. The van der Waals surface area contributed by atoms with Crippen LogP contribution in [-0.2, 0) is 0 Å². The van der Waals surface area contributed by atoms with Crippen molar-refractivity contribution in [3.63, 3.8) is 0 Å². The molecule has 2 aromatic rings. The summed E-state index contributed by atoms with van der Waals surface area (Å²) in [5.74, 6) is 1.70. The molecule has 0 unspecified atom stereocenters. The monoisotopic (exact) mass is 353 g/mol. The Labute approximate surface area is 132 Å². The van der Waals surface area contributed by atoms with Gasteiger partial charge in [0.1, 0.15) is 0 Å². The van der Waals surface area contributed by atoms with Gasteiger partial charge in [-0.2, -0.15) is 20.1 Å². The van der Waals surface area contributed by atoms with Gasteiger partial charge >= 0.3 is 0 Å². The van der Waals surface area contributed by atoms with Crippen molar-refractivity contribution in [1.29, 1.82) is 0 Å². The number of anilines is 2. The van der Waals surface area contributed by atoms with Crippen LogP contribution in [0.4, 0.5) is 11.9 Å². The Morgan fingerprint density at radius 2 is 1.81 bits per heavy atom. The normalized spacial score (nSPS) is 10.8. The lowest BCUT2D eigenvalue weighted by Gasteiger charge is -2.19. The summed E-state index contributed by atoms with van der Waals surface area (Å²) in [6.07, 6.45) is 0. The number of nitrogens with zero attached hydrogens (tertiary/aromatic N) is 6. The van der Waals surface area contributed by atoms with Crippen LogP contribution < -0.4 is 10.2 Å². The second-order valence-electron chi connectivity index (χ2n) is 4.58. The fourth-order valence-corrected chi connectivity index (χ4v) is 2.27. The van der Waals surface area contributed by atoms with Crippen molar-refractivity contribution < 1.29 is 0 Å². The zero-order valence-electron chi connectivity index (χ0n) is 13.0. The van der Waals surface area contributed by atoms with Crippen LogP contribution in [0.25, 0.3) is 5.95 Å². The van der Waals surface area contributed by atoms with Crippen LogP contribution in [0.3, 0.4) is 0 Å². The van der Waals surface area contributed by atoms with E-state index >= 15 is 0 Å². The summed E-state index contributed by atoms with van der Waals surface area (Å²) >= 11 is 3.53. The third-order valence-corrected chi connectivity index (χ3v) is 4.42. The number of nitrogens with one attached hydrogen (secondary N) is 1. The van der Waals surface area contributed by atoms with Gasteiger partial charge in [-0.3, -0.25) is 0 Å². The van der Waals surface area contributed by atoms with Crippen molar-refractivity contribution >= 4 is 27.8 Å². The van der Waals surface area contributed by atoms with Crippen LogP contribution in [0.2, 0.25) is 0 Å². The Bertz CT molecular complexity index is 634. The van der Waals surface area contributed by atoms with Gasteiger partial charge in [-0.15, -0.1) is 0 Å². The molecule has 7 nitrogen and oxygen atoms in total. The number of aromatic nitrogens is 5. The summed E-state index contributed by atoms with van der Waals surface area (Å²) in [7, 11) is 1.79. The minimum atomic E-state index is 0.516. The fourth-order valence-electron chi connectivity index (χ4n) is 2.03. The predicted molar refractivity (Wildman–Crippen MR) is 87.2 cm³/mol. The molecule has 2 rings (SSSR count). The van der Waals surface area contributed by atoms with Crippen molar-refractivity contribution in [1.82, 2.24) is 24.7 Å². The van der Waals surface area contributed by atoms with E-state index in [4.69, 9.17) is 0 Å². The Hall–Kier alpha value is -1.70. The van der Waals surface area contributed by atoms with Gasteiger partial charge in [-0.1, -0.05) is 0 Å². The molecule has 1 N–H and O–H groups in total. The van der Waals surface area contributed by atoms with Gasteiger partial charge in [0.05, 0.1) is 15.9 Å². The van der Waals surface area contributed by atoms with Gasteiger partial charge < -0.3 is 10.2 Å². The highest BCUT2D eigenvalue weighted by Crippen LogP contribution is 2.22. The maximum atomic E-state index is 4.55. The highest BCUT2D eigenvalue weighted by Gasteiger charge is 2.16. The van der Waals surface area contributed by atoms with E-state index in [0.29, 0.717) is 17.8 Å². The lowest BCUT2D eigenvalue weighted by atomic mass is 10.4. The Morgan fingerprint density at radius 1 is 1.14 bits per heavy atom. The third-order valence-electron chi connectivity index (χ3n) is 3.27. The molecule has 2 aromatic heterocycles. The van der Waals surface area contributed by atoms with Gasteiger partial charge in [-0.05, 0) is 43.6 Å². The molecule has 114 valence electrons. The highest BCUT2D eigenvalue weighted by atomic mass is 79.9. The van der Waals surface area contributed by atoms with Gasteiger partial charge in [0.15, 0.2) is 0 Å². The van der Waals surface area contributed by atoms with Crippen molar-refractivity contribution in [2.45, 2.75) is 27.7 Å². The molecule has 2 heterocycles. The second-order valence-corrected chi connectivity index (χ2v) is 5.37. The largest absolute Gasteiger partial charge is 0.357 e. The van der Waals surface area contributed by atoms with E-state index in [1.54, 1.807) is 11.7 Å². The van der Waals surface area contributed by atoms with E-state index in [1.165, 1.54) is 0 Å². The van der Waals surface area contributed by atoms with Crippen molar-refractivity contribution in [3.8, 4) is 5.95 Å². The van der Waals surface area contributed by atoms with Gasteiger partial charge in [-0.25, -0.2) is 4.68 Å². The molecule has 0 aliphatic carbocycles. The molecule has 0 atom stereocenters. The zero-order chi connectivity index (χ0) is 15.6. The van der Waals surface area contributed by atoms with Crippen LogP contribution in [0.15, 0.2) is 4.47 Å². The fraction of sp³-hybridized carbons (Fsp3) is 0.538. The van der Waals surface area contributed by atoms with Crippen LogP contribution in [0, 0.1) is 13.8 Å². The summed E-state index contributed by atoms with van der Waals surface area (Å²) in [6, 6.07) is 0. The molecule has 0 spiro atoms. The van der Waals surface area contributed by atoms with Crippen LogP contribution >= 0.6 is 15.9 Å². The van der Waals surface area contributed by atoms with Crippen LogP contribution in [0.5, 0.6) is 0 Å². The standard InChI is InChI=1S/C13H20BrN7/c1-6-20(7-2)12-16-11(15-5)17-13(18-12)21-9(4)10(14)8(3)19-21/h6-7H2,1-5H3,(H,15,16,17,18). The molecule has 0 amide bonds. The van der Waals surface area contributed by atoms with Gasteiger partial charge in [0.25, 0.3) is 5.95 Å². The molecule has 8 heteroatoms. The topological polar surface area (TPSA) is 71.8 Å². The van der Waals surface area contributed by atoms with E-state index in [2.05, 4.69) is 60.0 Å². The van der Waals surface area contributed by atoms with Crippen molar-refractivity contribution in [3.05, 3.63) is 15.9 Å². The number of halogens is 1. The quantitative estimate of drug-likeness (QED) is 0.889. The maximum absolute atomic E-state index is 4.55. The number of aryl methyl sites for hydroxylation is 1. The molecule has 0 bridgehead atoms. The van der Waals surface area contributed by atoms with E-state index in [-0.39, 0.29) is 0 Å². The minimum absolute atomic E-state index is 0.516. The molecule has 0 aliphatic heterocycles. The highest BCUT2D eigenvalue weighted by molar-refractivity contribution is 9.10. The summed E-state index contributed by atoms with van der Waals surface area (Å²) in [5.41, 5.74) is 1.87. The van der Waals surface area contributed by atoms with Gasteiger partial charge in [0.2, 0.25) is 11.9 Å². The number of hydrogen-bond donors (Lipinski definition) is 1. The predicted octanol–water partition coefficient (Wildman–Crippen LogP) is 2.32. The Morgan fingerprint density at radius 3 is 2.29 bits per heavy atom. The average Bonchev–Trinajstić information content (AvgIpc) is 2.76. The summed E-state index contributed by atoms with van der Waals surface area (Å²) in [5, 5.41) is 7.46. The van der Waals surface area contributed by atoms with E-state index in [1.807, 2.05) is 13.8 Å². The molecule has 0 saturated heterocycles. The average molecular weight is 354 g/mol. The van der Waals surface area contributed by atoms with Gasteiger partial charge in [0, 0.05) is 20.1 Å². The molecule has 0 fully saturated rings.